The van der Waals surface area contributed by atoms with E-state index in [-0.39, 0.29) is 11.8 Å². The molecule has 0 rings (SSSR count). The van der Waals surface area contributed by atoms with Gasteiger partial charge in [0.25, 0.3) is 0 Å². The first-order valence-electron chi connectivity index (χ1n) is 7.31. The topological polar surface area (TPSA) is 92.7 Å². The van der Waals surface area contributed by atoms with Gasteiger partial charge in [-0.2, -0.15) is 0 Å². The van der Waals surface area contributed by atoms with Crippen LogP contribution in [0.15, 0.2) is 23.8 Å². The van der Waals surface area contributed by atoms with Gasteiger partial charge in [0.2, 0.25) is 11.8 Å². The molecule has 0 spiro atoms. The van der Waals surface area contributed by atoms with E-state index in [1.54, 1.807) is 6.92 Å². The molecule has 22 heavy (non-hydrogen) atoms. The number of nitrogens with two attached hydrogens (primary N) is 2. The molecule has 0 aliphatic rings. The third kappa shape index (κ3) is 16.4. The van der Waals surface area contributed by atoms with Gasteiger partial charge in [-0.1, -0.05) is 12.7 Å². The SMILES string of the molecule is C=C(CCCN(C)C)C(N)=O.CC(=CCCN(C)C)C(N)=O. The fourth-order valence-corrected chi connectivity index (χ4v) is 1.37. The Balaban J connectivity index is 0. The molecule has 0 aromatic heterocycles. The molecule has 0 heterocycles. The van der Waals surface area contributed by atoms with Crippen LogP contribution in [0.2, 0.25) is 0 Å². The van der Waals surface area contributed by atoms with Crippen molar-refractivity contribution in [1.29, 1.82) is 0 Å². The lowest BCUT2D eigenvalue weighted by atomic mass is 10.1. The van der Waals surface area contributed by atoms with E-state index in [0.29, 0.717) is 17.6 Å². The quantitative estimate of drug-likeness (QED) is 0.614. The molecule has 6 nitrogen and oxygen atoms in total. The second-order valence-electron chi connectivity index (χ2n) is 5.72. The number of carbonyl (C=O) groups is 2. The Kier molecular flexibility index (Phi) is 13.4. The summed E-state index contributed by atoms with van der Waals surface area (Å²) >= 11 is 0. The van der Waals surface area contributed by atoms with Gasteiger partial charge in [0.15, 0.2) is 0 Å². The van der Waals surface area contributed by atoms with Gasteiger partial charge in [0.05, 0.1) is 0 Å². The summed E-state index contributed by atoms with van der Waals surface area (Å²) in [6.45, 7) is 7.21. The number of amides is 2. The van der Waals surface area contributed by atoms with Crippen LogP contribution in [0.25, 0.3) is 0 Å². The minimum atomic E-state index is -0.385. The maximum Gasteiger partial charge on any atom is 0.244 e. The fourth-order valence-electron chi connectivity index (χ4n) is 1.37. The van der Waals surface area contributed by atoms with Crippen LogP contribution in [0, 0.1) is 0 Å². The van der Waals surface area contributed by atoms with E-state index in [4.69, 9.17) is 11.5 Å². The van der Waals surface area contributed by atoms with E-state index < -0.39 is 0 Å². The van der Waals surface area contributed by atoms with Crippen molar-refractivity contribution in [2.24, 2.45) is 11.5 Å². The molecule has 0 aliphatic heterocycles. The molecule has 4 N–H and O–H groups in total. The van der Waals surface area contributed by atoms with Crippen LogP contribution in [0.3, 0.4) is 0 Å². The largest absolute Gasteiger partial charge is 0.366 e. The Bertz CT molecular complexity index is 388. The van der Waals surface area contributed by atoms with Crippen molar-refractivity contribution in [1.82, 2.24) is 9.80 Å². The molecule has 6 heteroatoms. The van der Waals surface area contributed by atoms with E-state index >= 15 is 0 Å². The lowest BCUT2D eigenvalue weighted by Gasteiger charge is -2.08. The zero-order valence-electron chi connectivity index (χ0n) is 14.7. The average molecular weight is 312 g/mol. The fraction of sp³-hybridized carbons (Fsp3) is 0.625. The lowest BCUT2D eigenvalue weighted by Crippen LogP contribution is -2.16. The summed E-state index contributed by atoms with van der Waals surface area (Å²) in [7, 11) is 7.97. The highest BCUT2D eigenvalue weighted by atomic mass is 16.1. The number of primary amides is 2. The van der Waals surface area contributed by atoms with Crippen LogP contribution in [0.4, 0.5) is 0 Å². The third-order valence-electron chi connectivity index (χ3n) is 2.85. The maximum absolute atomic E-state index is 10.5. The smallest absolute Gasteiger partial charge is 0.244 e. The van der Waals surface area contributed by atoms with E-state index in [1.165, 1.54) is 0 Å². The van der Waals surface area contributed by atoms with E-state index in [0.717, 1.165) is 25.9 Å². The van der Waals surface area contributed by atoms with Crippen molar-refractivity contribution in [3.63, 3.8) is 0 Å². The molecule has 0 aliphatic carbocycles. The van der Waals surface area contributed by atoms with Gasteiger partial charge in [-0.05, 0) is 60.9 Å². The van der Waals surface area contributed by atoms with Crippen LogP contribution in [-0.4, -0.2) is 62.9 Å². The first-order valence-corrected chi connectivity index (χ1v) is 7.31. The summed E-state index contributed by atoms with van der Waals surface area (Å²) in [5.74, 6) is -0.715. The Morgan fingerprint density at radius 3 is 1.86 bits per heavy atom. The molecule has 2 amide bonds. The van der Waals surface area contributed by atoms with Crippen LogP contribution < -0.4 is 11.5 Å². The molecule has 0 fully saturated rings. The molecule has 0 aromatic carbocycles. The summed E-state index contributed by atoms with van der Waals surface area (Å²) < 4.78 is 0. The van der Waals surface area contributed by atoms with Crippen molar-refractivity contribution in [3.8, 4) is 0 Å². The molecular weight excluding hydrogens is 280 g/mol. The second kappa shape index (κ2) is 13.0. The normalized spacial score (nSPS) is 11.1. The maximum atomic E-state index is 10.5. The summed E-state index contributed by atoms with van der Waals surface area (Å²) in [6, 6.07) is 0. The van der Waals surface area contributed by atoms with Gasteiger partial charge in [-0.3, -0.25) is 9.59 Å². The number of hydrogen-bond donors (Lipinski definition) is 2. The van der Waals surface area contributed by atoms with Crippen LogP contribution in [0.5, 0.6) is 0 Å². The number of nitrogens with zero attached hydrogens (tertiary/aromatic N) is 2. The van der Waals surface area contributed by atoms with Crippen molar-refractivity contribution in [2.75, 3.05) is 41.3 Å². The molecular formula is C16H32N4O2. The Morgan fingerprint density at radius 2 is 1.50 bits per heavy atom. The van der Waals surface area contributed by atoms with Crippen molar-refractivity contribution >= 4 is 11.8 Å². The second-order valence-corrected chi connectivity index (χ2v) is 5.72. The van der Waals surface area contributed by atoms with Gasteiger partial charge in [-0.15, -0.1) is 0 Å². The first kappa shape index (κ1) is 22.6. The number of carbonyl (C=O) groups excluding carboxylic acids is 2. The molecule has 0 atom stereocenters. The minimum Gasteiger partial charge on any atom is -0.366 e. The molecule has 128 valence electrons. The van der Waals surface area contributed by atoms with Crippen LogP contribution in [-0.2, 0) is 9.59 Å². The molecule has 0 aromatic rings. The van der Waals surface area contributed by atoms with Gasteiger partial charge in [0, 0.05) is 17.7 Å². The predicted molar refractivity (Wildman–Crippen MR) is 92.2 cm³/mol. The molecule has 0 unspecified atom stereocenters. The van der Waals surface area contributed by atoms with E-state index in [1.807, 2.05) is 34.3 Å². The zero-order valence-corrected chi connectivity index (χ0v) is 14.7. The third-order valence-corrected chi connectivity index (χ3v) is 2.85. The number of hydrogen-bond acceptors (Lipinski definition) is 4. The van der Waals surface area contributed by atoms with Crippen molar-refractivity contribution in [2.45, 2.75) is 26.2 Å². The standard InChI is InChI=1S/2C8H16N2O/c2*1-7(8(9)11)5-4-6-10(2)3/h5H,4,6H2,1-3H3,(H2,9,11);1,4-6H2,2-3H3,(H2,9,11). The summed E-state index contributed by atoms with van der Waals surface area (Å²) in [5, 5.41) is 0. The number of rotatable bonds is 9. The zero-order chi connectivity index (χ0) is 17.7. The Hall–Kier alpha value is -1.66. The van der Waals surface area contributed by atoms with Crippen LogP contribution in [0.1, 0.15) is 26.2 Å². The van der Waals surface area contributed by atoms with Crippen molar-refractivity contribution in [3.05, 3.63) is 23.8 Å². The highest BCUT2D eigenvalue weighted by Gasteiger charge is 2.00. The predicted octanol–water partition coefficient (Wildman–Crippen LogP) is 0.739. The first-order chi connectivity index (χ1) is 10.1. The van der Waals surface area contributed by atoms with E-state index in [9.17, 15) is 9.59 Å². The van der Waals surface area contributed by atoms with Gasteiger partial charge < -0.3 is 21.3 Å². The Labute approximate surface area is 134 Å². The minimum absolute atomic E-state index is 0.330. The Morgan fingerprint density at radius 1 is 1.00 bits per heavy atom. The van der Waals surface area contributed by atoms with E-state index in [2.05, 4.69) is 16.4 Å². The molecule has 0 saturated heterocycles. The molecule has 0 saturated carbocycles. The molecule has 0 bridgehead atoms. The van der Waals surface area contributed by atoms with Gasteiger partial charge in [0.1, 0.15) is 0 Å². The average Bonchev–Trinajstić information content (AvgIpc) is 2.38. The van der Waals surface area contributed by atoms with Crippen molar-refractivity contribution < 1.29 is 9.59 Å². The summed E-state index contributed by atoms with van der Waals surface area (Å²) in [5.41, 5.74) is 11.2. The summed E-state index contributed by atoms with van der Waals surface area (Å²) in [4.78, 5) is 25.1. The highest BCUT2D eigenvalue weighted by molar-refractivity contribution is 5.91. The lowest BCUT2D eigenvalue weighted by molar-refractivity contribution is -0.115. The monoisotopic (exact) mass is 312 g/mol. The molecule has 0 radical (unpaired) electrons. The summed E-state index contributed by atoms with van der Waals surface area (Å²) in [6.07, 6.45) is 4.38. The van der Waals surface area contributed by atoms with Gasteiger partial charge in [-0.25, -0.2) is 0 Å². The highest BCUT2D eigenvalue weighted by Crippen LogP contribution is 2.00. The van der Waals surface area contributed by atoms with Crippen LogP contribution >= 0.6 is 0 Å². The van der Waals surface area contributed by atoms with Gasteiger partial charge >= 0.3 is 0 Å².